The van der Waals surface area contributed by atoms with Gasteiger partial charge in [-0.25, -0.2) is 16.9 Å². The molecule has 1 heterocycles. The fourth-order valence-electron chi connectivity index (χ4n) is 3.95. The zero-order valence-corrected chi connectivity index (χ0v) is 24.2. The lowest BCUT2D eigenvalue weighted by atomic mass is 10.1. The molecule has 0 aliphatic carbocycles. The summed E-state index contributed by atoms with van der Waals surface area (Å²) in [5, 5.41) is 3.15. The van der Waals surface area contributed by atoms with Gasteiger partial charge in [0.1, 0.15) is 0 Å². The average Bonchev–Trinajstić information content (AvgIpc) is 2.94. The van der Waals surface area contributed by atoms with Crippen molar-refractivity contribution in [3.05, 3.63) is 71.2 Å². The Kier molecular flexibility index (Phi) is 9.41. The van der Waals surface area contributed by atoms with Crippen molar-refractivity contribution < 1.29 is 31.4 Å². The van der Waals surface area contributed by atoms with Crippen LogP contribution < -0.4 is 19.1 Å². The van der Waals surface area contributed by atoms with Crippen LogP contribution in [0.5, 0.6) is 11.5 Å². The SMILES string of the molecule is COc1cc(C(=O)Nc2ccc(S(=O)(=O)N3CCSCC3)cc2)c(N(c2ccc(Cl)cc2)S(=O)O)cc1OC. The Hall–Kier alpha value is -2.81. The van der Waals surface area contributed by atoms with E-state index in [1.807, 2.05) is 0 Å². The van der Waals surface area contributed by atoms with Gasteiger partial charge >= 0.3 is 0 Å². The lowest BCUT2D eigenvalue weighted by Gasteiger charge is -2.25. The number of hydrogen-bond acceptors (Lipinski definition) is 7. The number of anilines is 3. The molecule has 0 spiro atoms. The van der Waals surface area contributed by atoms with Crippen LogP contribution >= 0.6 is 23.4 Å². The maximum absolute atomic E-state index is 13.5. The molecular weight excluding hydrogens is 586 g/mol. The second-order valence-electron chi connectivity index (χ2n) is 8.22. The number of nitrogens with zero attached hydrogens (tertiary/aromatic N) is 2. The number of ether oxygens (including phenoxy) is 2. The van der Waals surface area contributed by atoms with Gasteiger partial charge in [-0.2, -0.15) is 16.1 Å². The van der Waals surface area contributed by atoms with E-state index in [2.05, 4.69) is 5.32 Å². The molecule has 39 heavy (non-hydrogen) atoms. The summed E-state index contributed by atoms with van der Waals surface area (Å²) in [6.45, 7) is 0.897. The number of nitrogens with one attached hydrogen (secondary N) is 1. The topological polar surface area (TPSA) is 125 Å². The van der Waals surface area contributed by atoms with Crippen LogP contribution in [-0.2, 0) is 21.3 Å². The lowest BCUT2D eigenvalue weighted by Crippen LogP contribution is -2.37. The molecule has 14 heteroatoms. The zero-order chi connectivity index (χ0) is 28.2. The highest BCUT2D eigenvalue weighted by atomic mass is 35.5. The van der Waals surface area contributed by atoms with E-state index in [0.29, 0.717) is 29.5 Å². The number of hydrogen-bond donors (Lipinski definition) is 2. The van der Waals surface area contributed by atoms with Crippen LogP contribution in [0.1, 0.15) is 10.4 Å². The summed E-state index contributed by atoms with van der Waals surface area (Å²) >= 11 is 5.12. The second-order valence-corrected chi connectivity index (χ2v) is 12.6. The van der Waals surface area contributed by atoms with E-state index in [1.54, 1.807) is 23.9 Å². The van der Waals surface area contributed by atoms with Crippen LogP contribution in [0.4, 0.5) is 17.1 Å². The molecule has 1 fully saturated rings. The summed E-state index contributed by atoms with van der Waals surface area (Å²) in [5.41, 5.74) is 0.701. The summed E-state index contributed by atoms with van der Waals surface area (Å²) < 4.78 is 61.8. The van der Waals surface area contributed by atoms with E-state index in [1.165, 1.54) is 67.1 Å². The maximum Gasteiger partial charge on any atom is 0.266 e. The Balaban J connectivity index is 1.68. The summed E-state index contributed by atoms with van der Waals surface area (Å²) in [6, 6.07) is 14.8. The molecule has 208 valence electrons. The van der Waals surface area contributed by atoms with Crippen LogP contribution in [0, 0.1) is 0 Å². The molecule has 1 aliphatic rings. The minimum Gasteiger partial charge on any atom is -0.493 e. The summed E-state index contributed by atoms with van der Waals surface area (Å²) in [6.07, 6.45) is 0. The Bertz CT molecular complexity index is 1460. The van der Waals surface area contributed by atoms with Gasteiger partial charge in [-0.3, -0.25) is 9.35 Å². The third kappa shape index (κ3) is 6.51. The highest BCUT2D eigenvalue weighted by molar-refractivity contribution is 7.99. The molecule has 10 nitrogen and oxygen atoms in total. The fourth-order valence-corrected chi connectivity index (χ4v) is 7.28. The third-order valence-corrected chi connectivity index (χ3v) is 9.73. The molecule has 1 aliphatic heterocycles. The van der Waals surface area contributed by atoms with Crippen molar-refractivity contribution in [2.75, 3.05) is 48.4 Å². The van der Waals surface area contributed by atoms with Crippen LogP contribution in [0.3, 0.4) is 0 Å². The van der Waals surface area contributed by atoms with Crippen molar-refractivity contribution in [2.45, 2.75) is 4.90 Å². The molecule has 0 aromatic heterocycles. The van der Waals surface area contributed by atoms with Crippen molar-refractivity contribution in [1.82, 2.24) is 4.31 Å². The fraction of sp³-hybridized carbons (Fsp3) is 0.240. The van der Waals surface area contributed by atoms with E-state index in [0.717, 1.165) is 15.8 Å². The molecule has 2 N–H and O–H groups in total. The number of carbonyl (C=O) groups is 1. The Morgan fingerprint density at radius 2 is 1.62 bits per heavy atom. The second kappa shape index (κ2) is 12.6. The lowest BCUT2D eigenvalue weighted by molar-refractivity contribution is 0.102. The summed E-state index contributed by atoms with van der Waals surface area (Å²) in [5.74, 6) is 1.32. The molecule has 3 aromatic rings. The van der Waals surface area contributed by atoms with Crippen molar-refractivity contribution in [3.63, 3.8) is 0 Å². The number of benzene rings is 3. The zero-order valence-electron chi connectivity index (χ0n) is 21.0. The van der Waals surface area contributed by atoms with Gasteiger partial charge in [0.05, 0.1) is 36.1 Å². The van der Waals surface area contributed by atoms with E-state index in [9.17, 15) is 22.0 Å². The average molecular weight is 612 g/mol. The number of rotatable bonds is 9. The maximum atomic E-state index is 13.5. The largest absolute Gasteiger partial charge is 0.493 e. The number of sulfonamides is 1. The molecule has 0 radical (unpaired) electrons. The molecule has 3 aromatic carbocycles. The van der Waals surface area contributed by atoms with Gasteiger partial charge in [-0.05, 0) is 54.6 Å². The molecule has 1 amide bonds. The Morgan fingerprint density at radius 3 is 2.18 bits per heavy atom. The molecule has 1 atom stereocenters. The highest BCUT2D eigenvalue weighted by Crippen LogP contribution is 2.39. The molecule has 1 unspecified atom stereocenters. The van der Waals surface area contributed by atoms with Crippen molar-refractivity contribution >= 4 is 67.6 Å². The summed E-state index contributed by atoms with van der Waals surface area (Å²) in [4.78, 5) is 13.6. The van der Waals surface area contributed by atoms with Gasteiger partial charge in [0.2, 0.25) is 10.0 Å². The molecule has 4 rings (SSSR count). The first-order chi connectivity index (χ1) is 18.6. The first-order valence-corrected chi connectivity index (χ1v) is 15.6. The van der Waals surface area contributed by atoms with E-state index in [-0.39, 0.29) is 27.6 Å². The van der Waals surface area contributed by atoms with Gasteiger partial charge in [-0.1, -0.05) is 11.6 Å². The van der Waals surface area contributed by atoms with Crippen LogP contribution in [-0.4, -0.2) is 66.2 Å². The Morgan fingerprint density at radius 1 is 1.03 bits per heavy atom. The van der Waals surface area contributed by atoms with Gasteiger partial charge < -0.3 is 14.8 Å². The number of methoxy groups -OCH3 is 2. The van der Waals surface area contributed by atoms with E-state index in [4.69, 9.17) is 21.1 Å². The first-order valence-electron chi connectivity index (χ1n) is 11.6. The Labute approximate surface area is 238 Å². The third-order valence-electron chi connectivity index (χ3n) is 5.90. The number of carbonyl (C=O) groups excluding carboxylic acids is 1. The number of thioether (sulfide) groups is 1. The minimum atomic E-state index is -3.64. The molecular formula is C25H26ClN3O7S3. The normalized spacial score (nSPS) is 14.9. The van der Waals surface area contributed by atoms with Crippen molar-refractivity contribution in [3.8, 4) is 11.5 Å². The van der Waals surface area contributed by atoms with Crippen molar-refractivity contribution in [2.24, 2.45) is 0 Å². The van der Waals surface area contributed by atoms with Crippen molar-refractivity contribution in [1.29, 1.82) is 0 Å². The van der Waals surface area contributed by atoms with Gasteiger partial charge in [-0.15, -0.1) is 0 Å². The molecule has 1 saturated heterocycles. The van der Waals surface area contributed by atoms with Crippen LogP contribution in [0.15, 0.2) is 65.6 Å². The highest BCUT2D eigenvalue weighted by Gasteiger charge is 2.27. The monoisotopic (exact) mass is 611 g/mol. The van der Waals surface area contributed by atoms with Gasteiger partial charge in [0, 0.05) is 41.4 Å². The van der Waals surface area contributed by atoms with E-state index >= 15 is 0 Å². The standard InChI is InChI=1S/C25H26ClN3O7S3/c1-35-23-15-21(22(16-24(23)36-2)29(38(31)32)19-7-3-17(26)4-8-19)25(30)27-18-5-9-20(10-6-18)39(33,34)28-11-13-37-14-12-28/h3-10,15-16H,11-14H2,1-2H3,(H,27,30)(H,31,32). The van der Waals surface area contributed by atoms with Gasteiger partial charge in [0.25, 0.3) is 17.2 Å². The van der Waals surface area contributed by atoms with E-state index < -0.39 is 27.2 Å². The van der Waals surface area contributed by atoms with Crippen LogP contribution in [0.2, 0.25) is 5.02 Å². The number of amides is 1. The first kappa shape index (κ1) is 29.2. The van der Waals surface area contributed by atoms with Crippen LogP contribution in [0.25, 0.3) is 0 Å². The minimum absolute atomic E-state index is 0.00696. The predicted octanol–water partition coefficient (Wildman–Crippen LogP) is 4.62. The predicted molar refractivity (Wildman–Crippen MR) is 154 cm³/mol. The smallest absolute Gasteiger partial charge is 0.266 e. The molecule has 0 bridgehead atoms. The number of halogens is 1. The summed E-state index contributed by atoms with van der Waals surface area (Å²) in [7, 11) is -0.830. The molecule has 0 saturated carbocycles. The van der Waals surface area contributed by atoms with Gasteiger partial charge in [0.15, 0.2) is 11.5 Å². The quantitative estimate of drug-likeness (QED) is 0.336.